The molecule has 0 aromatic heterocycles. The van der Waals surface area contributed by atoms with Crippen molar-refractivity contribution in [2.24, 2.45) is 0 Å². The van der Waals surface area contributed by atoms with Gasteiger partial charge in [-0.15, -0.1) is 0 Å². The quantitative estimate of drug-likeness (QED) is 0.225. The third-order valence-corrected chi connectivity index (χ3v) is 9.95. The average molecular weight is 567 g/mol. The predicted molar refractivity (Wildman–Crippen MR) is 102 cm³/mol. The van der Waals surface area contributed by atoms with Gasteiger partial charge in [0, 0.05) is 0 Å². The van der Waals surface area contributed by atoms with Crippen LogP contribution in [0, 0.1) is 0 Å². The summed E-state index contributed by atoms with van der Waals surface area (Å²) in [6.07, 6.45) is 3.52. The molecule has 0 aliphatic heterocycles. The Morgan fingerprint density at radius 3 is 0.966 bits per heavy atom. The Balaban J connectivity index is -0.0000000840. The summed E-state index contributed by atoms with van der Waals surface area (Å²) in [5.74, 6) is 0. The summed E-state index contributed by atoms with van der Waals surface area (Å²) in [4.78, 5) is 32.9. The fraction of sp³-hybridized carbons (Fsp3) is 0.750. The Morgan fingerprint density at radius 2 is 0.828 bits per heavy atom. The summed E-state index contributed by atoms with van der Waals surface area (Å²) in [7, 11) is 0. The van der Waals surface area contributed by atoms with Gasteiger partial charge in [-0.2, -0.15) is 0 Å². The number of hydrogen-bond acceptors (Lipinski definition) is 7. The van der Waals surface area contributed by atoms with Gasteiger partial charge in [-0.05, 0) is 0 Å². The first-order valence-corrected chi connectivity index (χ1v) is 12.6. The maximum absolute atomic E-state index is 13.1. The van der Waals surface area contributed by atoms with Gasteiger partial charge in [0.05, 0.1) is 0 Å². The molecule has 0 atom stereocenters. The maximum Gasteiger partial charge on any atom is 4.00 e. The Morgan fingerprint density at radius 1 is 0.621 bits per heavy atom. The van der Waals surface area contributed by atoms with Gasteiger partial charge in [-0.25, -0.2) is 0 Å². The first-order valence-electron chi connectivity index (χ1n) is 8.44. The summed E-state index contributed by atoms with van der Waals surface area (Å²) in [5.41, 5.74) is 0. The molecule has 0 unspecified atom stereocenters. The van der Waals surface area contributed by atoms with Gasteiger partial charge >= 0.3 is 126 Å². The summed E-state index contributed by atoms with van der Waals surface area (Å²) in [5, 5.41) is 27.1. The van der Waals surface area contributed by atoms with E-state index in [9.17, 15) is 3.32 Å². The monoisotopic (exact) mass is 568 g/mol. The van der Waals surface area contributed by atoms with Crippen LogP contribution in [0.2, 0.25) is 9.45 Å². The summed E-state index contributed by atoms with van der Waals surface area (Å²) in [6, 6.07) is 0. The van der Waals surface area contributed by atoms with Crippen molar-refractivity contribution in [3.63, 3.8) is 0 Å². The van der Waals surface area contributed by atoms with E-state index in [4.69, 9.17) is 46.2 Å². The molecule has 0 saturated heterocycles. The Kier molecular flexibility index (Phi) is 50.4. The molecule has 11 nitrogen and oxygen atoms in total. The second kappa shape index (κ2) is 34.6. The zero-order chi connectivity index (χ0) is 23.3. The third kappa shape index (κ3) is 38.4. The summed E-state index contributed by atoms with van der Waals surface area (Å²) >= 11 is -4.30. The van der Waals surface area contributed by atoms with E-state index in [0.717, 1.165) is 25.7 Å². The maximum atomic E-state index is 13.1. The zero-order valence-electron chi connectivity index (χ0n) is 17.3. The van der Waals surface area contributed by atoms with Crippen LogP contribution in [0.3, 0.4) is 0 Å². The molecule has 0 radical (unpaired) electrons. The van der Waals surface area contributed by atoms with Crippen molar-refractivity contribution in [2.75, 3.05) is 13.2 Å². The van der Waals surface area contributed by atoms with Crippen LogP contribution in [0.5, 0.6) is 0 Å². The van der Waals surface area contributed by atoms with Crippen molar-refractivity contribution >= 4 is 49.8 Å². The van der Waals surface area contributed by atoms with Gasteiger partial charge in [0.1, 0.15) is 0 Å². The van der Waals surface area contributed by atoms with Crippen LogP contribution in [-0.4, -0.2) is 83.4 Å². The molecule has 0 fully saturated rings. The number of hydrogen-bond donors (Lipinski definition) is 4. The predicted octanol–water partition coefficient (Wildman–Crippen LogP) is 2.43. The van der Waals surface area contributed by atoms with E-state index in [1.165, 1.54) is 0 Å². The standard InChI is InChI=1S/2C3H7O.2C3H7.4CHO2.O.Sn.Ti/c2*1-2-3-4;2*1-3-2;4*2-1-3;;;/h2*2-3H2,1H3;2*1,3H2,2H3;4*(H,2,3);;;/q2*-1;;;4*-1;;+4;+2. The SMILES string of the molecule is CCC[O][Ti](=[O])([CH2]CC)([CH2]CC)[O]CCC.O=[C-]O.O=[C-]O.O=[C-]O.O=[C-]O.[Sn+4]. The van der Waals surface area contributed by atoms with E-state index < -0.39 is 16.1 Å². The average Bonchev–Trinajstić information content (AvgIpc) is 2.62. The van der Waals surface area contributed by atoms with Crippen LogP contribution in [0.4, 0.5) is 0 Å². The summed E-state index contributed by atoms with van der Waals surface area (Å²) in [6.45, 7) is 11.3. The minimum absolute atomic E-state index is 0. The minimum atomic E-state index is -4.30. The van der Waals surface area contributed by atoms with Crippen molar-refractivity contribution in [1.82, 2.24) is 0 Å². The van der Waals surface area contributed by atoms with Gasteiger partial charge in [-0.1, -0.05) is 25.9 Å². The second-order valence-corrected chi connectivity index (χ2v) is 11.7. The van der Waals surface area contributed by atoms with E-state index in [1.54, 1.807) is 0 Å². The molecule has 29 heavy (non-hydrogen) atoms. The topological polar surface area (TPSA) is 185 Å². The van der Waals surface area contributed by atoms with Crippen molar-refractivity contribution in [3.05, 3.63) is 0 Å². The van der Waals surface area contributed by atoms with E-state index in [2.05, 4.69) is 0 Å². The van der Waals surface area contributed by atoms with Crippen LogP contribution in [-0.2, 0) is 45.2 Å². The molecule has 0 heterocycles. The molecule has 4 N–H and O–H groups in total. The van der Waals surface area contributed by atoms with Gasteiger partial charge in [-0.3, -0.25) is 0 Å². The Hall–Kier alpha value is -0.887. The van der Waals surface area contributed by atoms with Crippen LogP contribution >= 0.6 is 0 Å². The van der Waals surface area contributed by atoms with E-state index in [1.807, 2.05) is 27.7 Å². The first-order chi connectivity index (χ1) is 13.2. The normalized spacial score (nSPS) is 8.86. The van der Waals surface area contributed by atoms with Crippen LogP contribution in [0.15, 0.2) is 0 Å². The molecule has 0 aromatic carbocycles. The second-order valence-electron chi connectivity index (χ2n) is 4.93. The molecule has 0 aliphatic carbocycles. The third-order valence-electron chi connectivity index (χ3n) is 2.72. The van der Waals surface area contributed by atoms with Crippen LogP contribution in [0.25, 0.3) is 0 Å². The van der Waals surface area contributed by atoms with E-state index in [-0.39, 0.29) is 23.9 Å². The Bertz CT molecular complexity index is 358. The molecule has 0 aliphatic rings. The van der Waals surface area contributed by atoms with Crippen molar-refractivity contribution in [2.45, 2.75) is 62.8 Å². The molecule has 0 rings (SSSR count). The molecule has 13 heteroatoms. The molecule has 0 spiro atoms. The molecule has 0 bridgehead atoms. The van der Waals surface area contributed by atoms with Crippen LogP contribution in [0.1, 0.15) is 53.4 Å². The summed E-state index contributed by atoms with van der Waals surface area (Å²) < 4.78 is 25.9. The van der Waals surface area contributed by atoms with Crippen molar-refractivity contribution in [1.29, 1.82) is 0 Å². The van der Waals surface area contributed by atoms with E-state index >= 15 is 0 Å². The largest absolute Gasteiger partial charge is 4.00 e. The van der Waals surface area contributed by atoms with Crippen LogP contribution < -0.4 is 0 Å². The minimum Gasteiger partial charge on any atom is -0.665 e. The first kappa shape index (κ1) is 42.3. The molecule has 170 valence electrons. The number of rotatable bonds is 10. The molecular formula is C16H32O11SnTi. The van der Waals surface area contributed by atoms with Crippen molar-refractivity contribution < 1.29 is 65.6 Å². The van der Waals surface area contributed by atoms with Gasteiger partial charge in [0.2, 0.25) is 0 Å². The molecular weight excluding hydrogens is 535 g/mol. The molecule has 0 saturated carbocycles. The number of aliphatic hydroxyl groups excluding tert-OH is 4. The van der Waals surface area contributed by atoms with Crippen molar-refractivity contribution in [3.8, 4) is 0 Å². The Labute approximate surface area is 190 Å². The smallest absolute Gasteiger partial charge is 0.665 e. The van der Waals surface area contributed by atoms with Gasteiger partial charge in [0.25, 0.3) is 0 Å². The fourth-order valence-electron chi connectivity index (χ4n) is 2.08. The molecule has 0 aromatic rings. The van der Waals surface area contributed by atoms with Gasteiger partial charge in [0.15, 0.2) is 0 Å². The fourth-order valence-corrected chi connectivity index (χ4v) is 8.58. The van der Waals surface area contributed by atoms with E-state index in [0.29, 0.717) is 48.6 Å². The molecule has 0 amide bonds. The van der Waals surface area contributed by atoms with Gasteiger partial charge < -0.3 is 39.6 Å². The zero-order valence-corrected chi connectivity index (χ0v) is 21.7.